The van der Waals surface area contributed by atoms with Crippen molar-refractivity contribution in [3.8, 4) is 0 Å². The molecule has 6 nitrogen and oxygen atoms in total. The van der Waals surface area contributed by atoms with Gasteiger partial charge in [-0.3, -0.25) is 14.4 Å². The number of carbonyl (C=O) groups is 1. The molecule has 0 radical (unpaired) electrons. The van der Waals surface area contributed by atoms with Crippen LogP contribution in [0.15, 0.2) is 12.4 Å². The molecule has 0 bridgehead atoms. The Morgan fingerprint density at radius 3 is 2.90 bits per heavy atom. The highest BCUT2D eigenvalue weighted by Crippen LogP contribution is 2.25. The average molecular weight is 277 g/mol. The molecule has 1 aromatic heterocycles. The van der Waals surface area contributed by atoms with Gasteiger partial charge in [0.05, 0.1) is 17.9 Å². The Bertz CT molecular complexity index is 486. The van der Waals surface area contributed by atoms with Crippen molar-refractivity contribution in [1.29, 1.82) is 0 Å². The molecule has 6 heteroatoms. The molecule has 2 unspecified atom stereocenters. The van der Waals surface area contributed by atoms with Crippen molar-refractivity contribution in [2.24, 2.45) is 7.05 Å². The second-order valence-electron chi connectivity index (χ2n) is 5.79. The Hall–Kier alpha value is -1.40. The zero-order chi connectivity index (χ0) is 14.1. The summed E-state index contributed by atoms with van der Waals surface area (Å²) in [7, 11) is 3.89. The number of likely N-dealkylation sites (N-methyl/N-ethyl adjacent to an activating group) is 1. The van der Waals surface area contributed by atoms with Gasteiger partial charge in [0.15, 0.2) is 0 Å². The third kappa shape index (κ3) is 2.45. The second kappa shape index (κ2) is 5.54. The Labute approximate surface area is 119 Å². The van der Waals surface area contributed by atoms with Gasteiger partial charge in [-0.15, -0.1) is 0 Å². The summed E-state index contributed by atoms with van der Waals surface area (Å²) in [6, 6.07) is 0.565. The molecule has 0 spiro atoms. The molecule has 1 amide bonds. The van der Waals surface area contributed by atoms with Gasteiger partial charge in [-0.25, -0.2) is 0 Å². The molecule has 20 heavy (non-hydrogen) atoms. The van der Waals surface area contributed by atoms with Gasteiger partial charge in [0.25, 0.3) is 0 Å². The van der Waals surface area contributed by atoms with Crippen molar-refractivity contribution in [2.75, 3.05) is 31.6 Å². The van der Waals surface area contributed by atoms with Crippen molar-refractivity contribution in [2.45, 2.75) is 31.3 Å². The molecule has 3 rings (SSSR count). The number of likely N-dealkylation sites (tertiary alicyclic amines) is 1. The number of anilines is 1. The van der Waals surface area contributed by atoms with E-state index in [1.165, 1.54) is 12.8 Å². The lowest BCUT2D eigenvalue weighted by Crippen LogP contribution is -2.51. The maximum Gasteiger partial charge on any atom is 0.244 e. The van der Waals surface area contributed by atoms with Crippen molar-refractivity contribution in [3.05, 3.63) is 12.4 Å². The molecule has 2 aliphatic rings. The van der Waals surface area contributed by atoms with Crippen LogP contribution < -0.4 is 10.2 Å². The summed E-state index contributed by atoms with van der Waals surface area (Å²) in [4.78, 5) is 16.9. The van der Waals surface area contributed by atoms with Gasteiger partial charge in [-0.2, -0.15) is 5.10 Å². The van der Waals surface area contributed by atoms with Crippen LogP contribution in [0.25, 0.3) is 0 Å². The van der Waals surface area contributed by atoms with E-state index in [0.717, 1.165) is 31.7 Å². The van der Waals surface area contributed by atoms with Gasteiger partial charge in [-0.05, 0) is 32.9 Å². The minimum Gasteiger partial charge on any atom is -0.316 e. The lowest BCUT2D eigenvalue weighted by Gasteiger charge is -2.35. The summed E-state index contributed by atoms with van der Waals surface area (Å²) in [5, 5.41) is 7.50. The number of aryl methyl sites for hydroxylation is 1. The third-order valence-corrected chi connectivity index (χ3v) is 4.48. The van der Waals surface area contributed by atoms with E-state index in [1.54, 1.807) is 10.9 Å². The lowest BCUT2D eigenvalue weighted by molar-refractivity contribution is -0.122. The fourth-order valence-corrected chi connectivity index (χ4v) is 3.33. The van der Waals surface area contributed by atoms with Crippen LogP contribution in [0.1, 0.15) is 19.3 Å². The molecule has 2 aliphatic heterocycles. The fraction of sp³-hybridized carbons (Fsp3) is 0.714. The quantitative estimate of drug-likeness (QED) is 0.858. The van der Waals surface area contributed by atoms with Crippen LogP contribution in [0, 0.1) is 0 Å². The molecule has 110 valence electrons. The molecule has 3 heterocycles. The number of hydrogen-bond acceptors (Lipinski definition) is 4. The van der Waals surface area contributed by atoms with Gasteiger partial charge in [-0.1, -0.05) is 0 Å². The van der Waals surface area contributed by atoms with Crippen molar-refractivity contribution in [3.63, 3.8) is 0 Å². The molecular formula is C14H23N5O. The monoisotopic (exact) mass is 277 g/mol. The number of amides is 1. The van der Waals surface area contributed by atoms with E-state index in [4.69, 9.17) is 0 Å². The number of hydrogen-bond donors (Lipinski definition) is 1. The predicted molar refractivity (Wildman–Crippen MR) is 77.6 cm³/mol. The summed E-state index contributed by atoms with van der Waals surface area (Å²) in [5.41, 5.74) is 0.919. The highest BCUT2D eigenvalue weighted by molar-refractivity contribution is 5.99. The van der Waals surface area contributed by atoms with Gasteiger partial charge in [0.2, 0.25) is 5.91 Å². The Balaban J connectivity index is 1.69. The first-order valence-electron chi connectivity index (χ1n) is 7.40. The van der Waals surface area contributed by atoms with E-state index in [1.807, 2.05) is 25.2 Å². The SMILES string of the molecule is CNC1CCCN(C2CCN(c3cnn(C)c3)C2=O)C1. The van der Waals surface area contributed by atoms with Crippen molar-refractivity contribution < 1.29 is 4.79 Å². The van der Waals surface area contributed by atoms with E-state index in [-0.39, 0.29) is 11.9 Å². The highest BCUT2D eigenvalue weighted by atomic mass is 16.2. The Morgan fingerprint density at radius 2 is 2.20 bits per heavy atom. The van der Waals surface area contributed by atoms with Gasteiger partial charge in [0, 0.05) is 32.4 Å². The molecular weight excluding hydrogens is 254 g/mol. The second-order valence-corrected chi connectivity index (χ2v) is 5.79. The largest absolute Gasteiger partial charge is 0.316 e. The summed E-state index contributed by atoms with van der Waals surface area (Å²) < 4.78 is 1.74. The number of nitrogens with one attached hydrogen (secondary N) is 1. The molecule has 2 fully saturated rings. The summed E-state index contributed by atoms with van der Waals surface area (Å²) >= 11 is 0. The third-order valence-electron chi connectivity index (χ3n) is 4.48. The summed E-state index contributed by atoms with van der Waals surface area (Å²) in [5.74, 6) is 0.231. The van der Waals surface area contributed by atoms with E-state index < -0.39 is 0 Å². The van der Waals surface area contributed by atoms with Crippen LogP contribution >= 0.6 is 0 Å². The molecule has 0 aliphatic carbocycles. The first-order chi connectivity index (χ1) is 9.69. The number of nitrogens with zero attached hydrogens (tertiary/aromatic N) is 4. The van der Waals surface area contributed by atoms with E-state index in [9.17, 15) is 4.79 Å². The zero-order valence-electron chi connectivity index (χ0n) is 12.2. The molecule has 1 N–H and O–H groups in total. The lowest BCUT2D eigenvalue weighted by atomic mass is 10.0. The number of rotatable bonds is 3. The number of carbonyl (C=O) groups excluding carboxylic acids is 1. The van der Waals surface area contributed by atoms with E-state index in [0.29, 0.717) is 6.04 Å². The van der Waals surface area contributed by atoms with Crippen LogP contribution in [0.3, 0.4) is 0 Å². The predicted octanol–water partition coefficient (Wildman–Crippen LogP) is 0.209. The van der Waals surface area contributed by atoms with Gasteiger partial charge in [0.1, 0.15) is 0 Å². The molecule has 1 aromatic rings. The van der Waals surface area contributed by atoms with Crippen LogP contribution in [-0.2, 0) is 11.8 Å². The highest BCUT2D eigenvalue weighted by Gasteiger charge is 2.38. The normalized spacial score (nSPS) is 28.3. The van der Waals surface area contributed by atoms with Gasteiger partial charge >= 0.3 is 0 Å². The van der Waals surface area contributed by atoms with Crippen molar-refractivity contribution in [1.82, 2.24) is 20.0 Å². The van der Waals surface area contributed by atoms with Crippen LogP contribution in [0.2, 0.25) is 0 Å². The maximum absolute atomic E-state index is 12.6. The molecule has 2 saturated heterocycles. The topological polar surface area (TPSA) is 53.4 Å². The first kappa shape index (κ1) is 13.6. The smallest absolute Gasteiger partial charge is 0.244 e. The zero-order valence-corrected chi connectivity index (χ0v) is 12.2. The standard InChI is InChI=1S/C14H23N5O/c1-15-11-4-3-6-18(9-11)13-5-7-19(14(13)20)12-8-16-17(2)10-12/h8,10-11,13,15H,3-7,9H2,1-2H3. The Morgan fingerprint density at radius 1 is 1.35 bits per heavy atom. The molecule has 0 aromatic carbocycles. The summed E-state index contributed by atoms with van der Waals surface area (Å²) in [6.45, 7) is 2.82. The van der Waals surface area contributed by atoms with Crippen LogP contribution in [0.5, 0.6) is 0 Å². The van der Waals surface area contributed by atoms with E-state index in [2.05, 4.69) is 15.3 Å². The van der Waals surface area contributed by atoms with Crippen LogP contribution in [0.4, 0.5) is 5.69 Å². The Kier molecular flexibility index (Phi) is 3.76. The van der Waals surface area contributed by atoms with E-state index >= 15 is 0 Å². The fourth-order valence-electron chi connectivity index (χ4n) is 3.33. The first-order valence-corrected chi connectivity index (χ1v) is 7.40. The average Bonchev–Trinajstić information content (AvgIpc) is 3.05. The summed E-state index contributed by atoms with van der Waals surface area (Å²) in [6.07, 6.45) is 6.98. The number of piperidine rings is 1. The minimum absolute atomic E-state index is 0.0476. The van der Waals surface area contributed by atoms with Crippen LogP contribution in [-0.4, -0.2) is 59.4 Å². The maximum atomic E-state index is 12.6. The molecule has 2 atom stereocenters. The molecule has 0 saturated carbocycles. The van der Waals surface area contributed by atoms with Gasteiger partial charge < -0.3 is 10.2 Å². The number of aromatic nitrogens is 2. The minimum atomic E-state index is 0.0476. The van der Waals surface area contributed by atoms with Crippen molar-refractivity contribution >= 4 is 11.6 Å².